The minimum absolute atomic E-state index is 0.416. The molecule has 0 amide bonds. The van der Waals surface area contributed by atoms with Crippen LogP contribution in [-0.4, -0.2) is 40.5 Å². The number of anilines is 1. The number of nitrogens with zero attached hydrogens (tertiary/aromatic N) is 4. The van der Waals surface area contributed by atoms with E-state index in [0.717, 1.165) is 31.4 Å². The quantitative estimate of drug-likeness (QED) is 0.823. The molecular formula is C13H19N5. The highest BCUT2D eigenvalue weighted by Gasteiger charge is 2.27. The van der Waals surface area contributed by atoms with Gasteiger partial charge in [0.05, 0.1) is 0 Å². The first-order chi connectivity index (χ1) is 8.72. The summed E-state index contributed by atoms with van der Waals surface area (Å²) in [7, 11) is 0. The lowest BCUT2D eigenvalue weighted by Crippen LogP contribution is -2.31. The first-order valence-corrected chi connectivity index (χ1v) is 6.46. The molecule has 1 aliphatic carbocycles. The van der Waals surface area contributed by atoms with Gasteiger partial charge in [0.2, 0.25) is 5.95 Å². The van der Waals surface area contributed by atoms with Crippen molar-refractivity contribution in [3.8, 4) is 6.07 Å². The molecule has 96 valence electrons. The summed E-state index contributed by atoms with van der Waals surface area (Å²) in [4.78, 5) is 10.9. The van der Waals surface area contributed by atoms with Crippen molar-refractivity contribution in [1.82, 2.24) is 14.9 Å². The predicted molar refractivity (Wildman–Crippen MR) is 70.2 cm³/mol. The molecule has 0 unspecified atom stereocenters. The van der Waals surface area contributed by atoms with Crippen LogP contribution in [0.5, 0.6) is 0 Å². The van der Waals surface area contributed by atoms with E-state index in [1.54, 1.807) is 6.07 Å². The Bertz CT molecular complexity index is 447. The third kappa shape index (κ3) is 3.41. The highest BCUT2D eigenvalue weighted by atomic mass is 15.2. The second kappa shape index (κ2) is 5.78. The zero-order chi connectivity index (χ0) is 13.0. The lowest BCUT2D eigenvalue weighted by Gasteiger charge is -2.19. The Hall–Kier alpha value is -1.67. The van der Waals surface area contributed by atoms with Crippen molar-refractivity contribution in [2.45, 2.75) is 32.7 Å². The van der Waals surface area contributed by atoms with Gasteiger partial charge in [0.15, 0.2) is 0 Å². The Balaban J connectivity index is 1.86. The van der Waals surface area contributed by atoms with Crippen molar-refractivity contribution < 1.29 is 0 Å². The Morgan fingerprint density at radius 1 is 1.50 bits per heavy atom. The summed E-state index contributed by atoms with van der Waals surface area (Å²) in [6.45, 7) is 6.97. The monoisotopic (exact) mass is 245 g/mol. The van der Waals surface area contributed by atoms with E-state index in [0.29, 0.717) is 11.6 Å². The fourth-order valence-electron chi connectivity index (χ4n) is 2.05. The maximum Gasteiger partial charge on any atom is 0.224 e. The fraction of sp³-hybridized carbons (Fsp3) is 0.615. The van der Waals surface area contributed by atoms with Crippen LogP contribution in [0.1, 0.15) is 31.2 Å². The standard InChI is InChI=1S/C13H19N5/c1-3-18(12-4-5-12)7-6-15-13-16-10(2)8-11(9-14)17-13/h8,12H,3-7H2,1-2H3,(H,15,16,17). The SMILES string of the molecule is CCN(CCNc1nc(C)cc(C#N)n1)C1CC1. The minimum Gasteiger partial charge on any atom is -0.353 e. The molecule has 18 heavy (non-hydrogen) atoms. The van der Waals surface area contributed by atoms with Crippen molar-refractivity contribution in [3.05, 3.63) is 17.5 Å². The van der Waals surface area contributed by atoms with Gasteiger partial charge in [-0.05, 0) is 32.4 Å². The lowest BCUT2D eigenvalue weighted by atomic mass is 10.3. The van der Waals surface area contributed by atoms with E-state index in [4.69, 9.17) is 5.26 Å². The zero-order valence-corrected chi connectivity index (χ0v) is 11.0. The van der Waals surface area contributed by atoms with Gasteiger partial charge in [-0.15, -0.1) is 0 Å². The van der Waals surface area contributed by atoms with Crippen LogP contribution >= 0.6 is 0 Å². The maximum absolute atomic E-state index is 8.84. The summed E-state index contributed by atoms with van der Waals surface area (Å²) in [6, 6.07) is 4.52. The van der Waals surface area contributed by atoms with E-state index in [1.165, 1.54) is 12.8 Å². The van der Waals surface area contributed by atoms with Crippen LogP contribution in [0.4, 0.5) is 5.95 Å². The van der Waals surface area contributed by atoms with Gasteiger partial charge in [-0.2, -0.15) is 5.26 Å². The van der Waals surface area contributed by atoms with Gasteiger partial charge < -0.3 is 5.32 Å². The third-order valence-electron chi connectivity index (χ3n) is 3.12. The van der Waals surface area contributed by atoms with Crippen molar-refractivity contribution >= 4 is 5.95 Å². The molecule has 5 nitrogen and oxygen atoms in total. The number of nitriles is 1. The van der Waals surface area contributed by atoms with Crippen LogP contribution in [0.15, 0.2) is 6.07 Å². The van der Waals surface area contributed by atoms with Gasteiger partial charge >= 0.3 is 0 Å². The van der Waals surface area contributed by atoms with Crippen LogP contribution in [0.2, 0.25) is 0 Å². The molecule has 0 spiro atoms. The smallest absolute Gasteiger partial charge is 0.224 e. The molecule has 2 rings (SSSR count). The number of rotatable bonds is 6. The first kappa shape index (κ1) is 12.8. The molecular weight excluding hydrogens is 226 g/mol. The molecule has 1 fully saturated rings. The summed E-state index contributed by atoms with van der Waals surface area (Å²) >= 11 is 0. The average molecular weight is 245 g/mol. The van der Waals surface area contributed by atoms with Gasteiger partial charge in [0.1, 0.15) is 11.8 Å². The molecule has 0 atom stereocenters. The fourth-order valence-corrected chi connectivity index (χ4v) is 2.05. The average Bonchev–Trinajstić information content (AvgIpc) is 3.18. The number of hydrogen-bond donors (Lipinski definition) is 1. The molecule has 0 bridgehead atoms. The second-order valence-electron chi connectivity index (χ2n) is 4.62. The normalized spacial score (nSPS) is 14.6. The van der Waals surface area contributed by atoms with E-state index in [1.807, 2.05) is 13.0 Å². The Kier molecular flexibility index (Phi) is 4.11. The number of aromatic nitrogens is 2. The number of hydrogen-bond acceptors (Lipinski definition) is 5. The molecule has 1 N–H and O–H groups in total. The van der Waals surface area contributed by atoms with Crippen molar-refractivity contribution in [3.63, 3.8) is 0 Å². The van der Waals surface area contributed by atoms with Crippen LogP contribution in [-0.2, 0) is 0 Å². The zero-order valence-electron chi connectivity index (χ0n) is 11.0. The minimum atomic E-state index is 0.416. The molecule has 0 aliphatic heterocycles. The van der Waals surface area contributed by atoms with Gasteiger partial charge in [0.25, 0.3) is 0 Å². The molecule has 5 heteroatoms. The molecule has 1 heterocycles. The second-order valence-corrected chi connectivity index (χ2v) is 4.62. The van der Waals surface area contributed by atoms with Crippen LogP contribution < -0.4 is 5.32 Å². The summed E-state index contributed by atoms with van der Waals surface area (Å²) in [5.74, 6) is 0.554. The molecule has 0 radical (unpaired) electrons. The summed E-state index contributed by atoms with van der Waals surface area (Å²) in [5.41, 5.74) is 1.23. The Labute approximate surface area is 108 Å². The van der Waals surface area contributed by atoms with Crippen molar-refractivity contribution in [2.75, 3.05) is 25.0 Å². The summed E-state index contributed by atoms with van der Waals surface area (Å²) in [5, 5.41) is 12.0. The molecule has 0 saturated heterocycles. The predicted octanol–water partition coefficient (Wildman–Crippen LogP) is 1.55. The van der Waals surface area contributed by atoms with Gasteiger partial charge in [-0.25, -0.2) is 9.97 Å². The number of likely N-dealkylation sites (N-methyl/N-ethyl adjacent to an activating group) is 1. The number of aryl methyl sites for hydroxylation is 1. The highest BCUT2D eigenvalue weighted by Crippen LogP contribution is 2.25. The van der Waals surface area contributed by atoms with Crippen LogP contribution in [0, 0.1) is 18.3 Å². The van der Waals surface area contributed by atoms with E-state index < -0.39 is 0 Å². The van der Waals surface area contributed by atoms with E-state index >= 15 is 0 Å². The van der Waals surface area contributed by atoms with Gasteiger partial charge in [-0.3, -0.25) is 4.90 Å². The number of nitrogens with one attached hydrogen (secondary N) is 1. The van der Waals surface area contributed by atoms with Gasteiger partial charge in [-0.1, -0.05) is 6.92 Å². The van der Waals surface area contributed by atoms with Crippen LogP contribution in [0.25, 0.3) is 0 Å². The van der Waals surface area contributed by atoms with Crippen molar-refractivity contribution in [2.24, 2.45) is 0 Å². The van der Waals surface area contributed by atoms with E-state index in [2.05, 4.69) is 27.1 Å². The largest absolute Gasteiger partial charge is 0.353 e. The summed E-state index contributed by atoms with van der Waals surface area (Å²) < 4.78 is 0. The molecule has 1 saturated carbocycles. The third-order valence-corrected chi connectivity index (χ3v) is 3.12. The topological polar surface area (TPSA) is 64.8 Å². The highest BCUT2D eigenvalue weighted by molar-refractivity contribution is 5.32. The van der Waals surface area contributed by atoms with E-state index in [9.17, 15) is 0 Å². The van der Waals surface area contributed by atoms with Crippen molar-refractivity contribution in [1.29, 1.82) is 5.26 Å². The molecule has 0 aromatic carbocycles. The van der Waals surface area contributed by atoms with E-state index in [-0.39, 0.29) is 0 Å². The van der Waals surface area contributed by atoms with Gasteiger partial charge in [0, 0.05) is 24.8 Å². The lowest BCUT2D eigenvalue weighted by molar-refractivity contribution is 0.289. The Morgan fingerprint density at radius 3 is 2.89 bits per heavy atom. The maximum atomic E-state index is 8.84. The first-order valence-electron chi connectivity index (χ1n) is 6.46. The molecule has 1 aliphatic rings. The Morgan fingerprint density at radius 2 is 2.28 bits per heavy atom. The molecule has 1 aromatic heterocycles. The summed E-state index contributed by atoms with van der Waals surface area (Å²) in [6.07, 6.45) is 2.65. The van der Waals surface area contributed by atoms with Crippen LogP contribution in [0.3, 0.4) is 0 Å². The molecule has 1 aromatic rings.